The molecule has 2 aromatic carbocycles. The molecule has 0 aliphatic heterocycles. The average Bonchev–Trinajstić information content (AvgIpc) is 2.66. The summed E-state index contributed by atoms with van der Waals surface area (Å²) in [7, 11) is 0. The summed E-state index contributed by atoms with van der Waals surface area (Å²) in [6.07, 6.45) is 0.691. The Morgan fingerprint density at radius 2 is 1.64 bits per heavy atom. The molecular formula is C19H20N2O3S. The van der Waals surface area contributed by atoms with Crippen LogP contribution in [0.2, 0.25) is 0 Å². The third kappa shape index (κ3) is 6.57. The molecule has 0 saturated carbocycles. The molecule has 0 heterocycles. The van der Waals surface area contributed by atoms with Gasteiger partial charge < -0.3 is 5.32 Å². The maximum atomic E-state index is 12.3. The molecule has 0 aromatic heterocycles. The summed E-state index contributed by atoms with van der Waals surface area (Å²) in [6.45, 7) is 0.703. The molecule has 0 spiro atoms. The molecule has 2 aromatic rings. The van der Waals surface area contributed by atoms with Crippen LogP contribution in [0.1, 0.15) is 11.1 Å². The van der Waals surface area contributed by atoms with Gasteiger partial charge in [0.15, 0.2) is 6.04 Å². The topological polar surface area (TPSA) is 67.4 Å². The Balaban J connectivity index is 1.83. The summed E-state index contributed by atoms with van der Waals surface area (Å²) in [5.41, 5.74) is 4.63. The molecule has 25 heavy (non-hydrogen) atoms. The van der Waals surface area contributed by atoms with E-state index in [1.807, 2.05) is 60.7 Å². The Morgan fingerprint density at radius 3 is 2.24 bits per heavy atom. The maximum Gasteiger partial charge on any atom is 0.245 e. The minimum atomic E-state index is -1.000. The van der Waals surface area contributed by atoms with Crippen LogP contribution in [-0.2, 0) is 27.5 Å². The van der Waals surface area contributed by atoms with E-state index in [0.29, 0.717) is 13.0 Å². The van der Waals surface area contributed by atoms with E-state index in [9.17, 15) is 9.59 Å². The lowest BCUT2D eigenvalue weighted by Gasteiger charge is -2.16. The van der Waals surface area contributed by atoms with Gasteiger partial charge in [-0.05, 0) is 17.5 Å². The van der Waals surface area contributed by atoms with Gasteiger partial charge in [0.25, 0.3) is 0 Å². The second-order valence-electron chi connectivity index (χ2n) is 5.34. The predicted octanol–water partition coefficient (Wildman–Crippen LogP) is 2.08. The van der Waals surface area contributed by atoms with E-state index in [-0.39, 0.29) is 11.5 Å². The Bertz CT molecular complexity index is 716. The summed E-state index contributed by atoms with van der Waals surface area (Å²) in [6, 6.07) is 18.3. The number of hydrogen-bond acceptors (Lipinski definition) is 5. The van der Waals surface area contributed by atoms with Crippen molar-refractivity contribution in [1.29, 1.82) is 0 Å². The van der Waals surface area contributed by atoms with Crippen LogP contribution in [0.4, 0.5) is 0 Å². The zero-order valence-corrected chi connectivity index (χ0v) is 14.5. The third-order valence-corrected chi connectivity index (χ3v) is 3.83. The van der Waals surface area contributed by atoms with E-state index in [0.717, 1.165) is 11.1 Å². The molecule has 2 rings (SSSR count). The van der Waals surface area contributed by atoms with Crippen molar-refractivity contribution in [3.05, 3.63) is 76.7 Å². The van der Waals surface area contributed by atoms with Gasteiger partial charge in [0.1, 0.15) is 5.94 Å². The molecule has 0 bridgehead atoms. The van der Waals surface area contributed by atoms with Gasteiger partial charge in [-0.3, -0.25) is 9.63 Å². The summed E-state index contributed by atoms with van der Waals surface area (Å²) >= 11 is 4.01. The fourth-order valence-corrected chi connectivity index (χ4v) is 2.32. The van der Waals surface area contributed by atoms with Gasteiger partial charge in [0.2, 0.25) is 5.91 Å². The standard InChI is InChI=1S/C19H20N2O3S/c22-13-17(25)18(21-24-14-16-9-5-2-6-10-16)19(23)20-12-11-15-7-3-1-4-8-15/h1-10,18,21,25H,11-12,14H2,(H,20,23)/t18-/m0/s1. The van der Waals surface area contributed by atoms with Crippen LogP contribution in [0, 0.1) is 0 Å². The van der Waals surface area contributed by atoms with E-state index in [1.54, 1.807) is 5.94 Å². The largest absolute Gasteiger partial charge is 0.354 e. The molecule has 5 nitrogen and oxygen atoms in total. The number of benzene rings is 2. The van der Waals surface area contributed by atoms with E-state index >= 15 is 0 Å². The van der Waals surface area contributed by atoms with E-state index in [2.05, 4.69) is 23.4 Å². The first-order chi connectivity index (χ1) is 12.2. The van der Waals surface area contributed by atoms with Crippen LogP contribution >= 0.6 is 12.6 Å². The molecule has 6 heteroatoms. The number of hydrogen-bond donors (Lipinski definition) is 3. The Hall–Kier alpha value is -2.37. The van der Waals surface area contributed by atoms with Gasteiger partial charge >= 0.3 is 0 Å². The molecule has 0 aliphatic carbocycles. The molecular weight excluding hydrogens is 336 g/mol. The monoisotopic (exact) mass is 356 g/mol. The summed E-state index contributed by atoms with van der Waals surface area (Å²) in [4.78, 5) is 28.4. The fraction of sp³-hybridized carbons (Fsp3) is 0.211. The number of thiol groups is 1. The first kappa shape index (κ1) is 19.0. The molecule has 0 aliphatic rings. The van der Waals surface area contributed by atoms with E-state index < -0.39 is 11.9 Å². The van der Waals surface area contributed by atoms with Crippen molar-refractivity contribution >= 4 is 24.5 Å². The second kappa shape index (κ2) is 10.5. The Labute approximate surface area is 152 Å². The highest BCUT2D eigenvalue weighted by molar-refractivity contribution is 7.85. The molecule has 1 atom stereocenters. The lowest BCUT2D eigenvalue weighted by Crippen LogP contribution is -2.45. The van der Waals surface area contributed by atoms with Gasteiger partial charge in [-0.15, -0.1) is 12.6 Å². The van der Waals surface area contributed by atoms with Crippen molar-refractivity contribution in [2.24, 2.45) is 0 Å². The quantitative estimate of drug-likeness (QED) is 0.366. The number of hydroxylamine groups is 1. The van der Waals surface area contributed by atoms with E-state index in [4.69, 9.17) is 4.84 Å². The highest BCUT2D eigenvalue weighted by atomic mass is 32.1. The number of carbonyl (C=O) groups excluding carboxylic acids is 2. The molecule has 2 N–H and O–H groups in total. The number of amides is 1. The zero-order chi connectivity index (χ0) is 17.9. The lowest BCUT2D eigenvalue weighted by molar-refractivity contribution is -0.126. The SMILES string of the molecule is O=C=C(S)[C@H](NOCc1ccccc1)C(=O)NCCc1ccccc1. The van der Waals surface area contributed by atoms with Gasteiger partial charge in [0.05, 0.1) is 11.5 Å². The van der Waals surface area contributed by atoms with Crippen molar-refractivity contribution in [3.8, 4) is 0 Å². The third-order valence-electron chi connectivity index (χ3n) is 3.48. The summed E-state index contributed by atoms with van der Waals surface area (Å²) < 4.78 is 0. The molecule has 0 fully saturated rings. The van der Waals surface area contributed by atoms with E-state index in [1.165, 1.54) is 0 Å². The number of rotatable bonds is 9. The van der Waals surface area contributed by atoms with Gasteiger partial charge in [-0.2, -0.15) is 5.48 Å². The van der Waals surface area contributed by atoms with Crippen molar-refractivity contribution in [3.63, 3.8) is 0 Å². The number of carbonyl (C=O) groups is 1. The minimum absolute atomic E-state index is 0.0646. The molecule has 0 saturated heterocycles. The zero-order valence-electron chi connectivity index (χ0n) is 13.6. The normalized spacial score (nSPS) is 11.4. The van der Waals surface area contributed by atoms with Crippen LogP contribution < -0.4 is 10.8 Å². The van der Waals surface area contributed by atoms with Crippen molar-refractivity contribution in [1.82, 2.24) is 10.8 Å². The second-order valence-corrected chi connectivity index (χ2v) is 5.82. The van der Waals surface area contributed by atoms with Crippen LogP contribution in [0.15, 0.2) is 65.6 Å². The van der Waals surface area contributed by atoms with Crippen LogP contribution in [0.25, 0.3) is 0 Å². The van der Waals surface area contributed by atoms with Gasteiger partial charge in [0, 0.05) is 6.54 Å². The predicted molar refractivity (Wildman–Crippen MR) is 99.5 cm³/mol. The Kier molecular flexibility index (Phi) is 7.95. The Morgan fingerprint density at radius 1 is 1.04 bits per heavy atom. The van der Waals surface area contributed by atoms with Gasteiger partial charge in [-0.25, -0.2) is 4.79 Å². The van der Waals surface area contributed by atoms with Crippen LogP contribution in [0.5, 0.6) is 0 Å². The summed E-state index contributed by atoms with van der Waals surface area (Å²) in [5, 5.41) is 2.77. The van der Waals surface area contributed by atoms with Crippen molar-refractivity contribution in [2.75, 3.05) is 6.54 Å². The van der Waals surface area contributed by atoms with Crippen LogP contribution in [-0.4, -0.2) is 24.4 Å². The molecule has 0 radical (unpaired) electrons. The highest BCUT2D eigenvalue weighted by Gasteiger charge is 2.22. The first-order valence-electron chi connectivity index (χ1n) is 7.87. The maximum absolute atomic E-state index is 12.3. The molecule has 130 valence electrons. The molecule has 1 amide bonds. The van der Waals surface area contributed by atoms with Crippen molar-refractivity contribution in [2.45, 2.75) is 19.1 Å². The first-order valence-corrected chi connectivity index (χ1v) is 8.32. The smallest absolute Gasteiger partial charge is 0.245 e. The number of nitrogens with one attached hydrogen (secondary N) is 2. The van der Waals surface area contributed by atoms with Crippen LogP contribution in [0.3, 0.4) is 0 Å². The minimum Gasteiger partial charge on any atom is -0.354 e. The highest BCUT2D eigenvalue weighted by Crippen LogP contribution is 2.06. The van der Waals surface area contributed by atoms with Gasteiger partial charge in [-0.1, -0.05) is 60.7 Å². The summed E-state index contributed by atoms with van der Waals surface area (Å²) in [5.74, 6) is 1.24. The van der Waals surface area contributed by atoms with Crippen molar-refractivity contribution < 1.29 is 14.4 Å². The lowest BCUT2D eigenvalue weighted by atomic mass is 10.1. The molecule has 0 unspecified atom stereocenters. The average molecular weight is 356 g/mol. The fourth-order valence-electron chi connectivity index (χ4n) is 2.15.